The van der Waals surface area contributed by atoms with Gasteiger partial charge in [-0.15, -0.1) is 0 Å². The van der Waals surface area contributed by atoms with Crippen LogP contribution in [-0.2, 0) is 20.7 Å². The summed E-state index contributed by atoms with van der Waals surface area (Å²) in [5.74, 6) is 0.0152. The zero-order valence-electron chi connectivity index (χ0n) is 14.6. The summed E-state index contributed by atoms with van der Waals surface area (Å²) >= 11 is 0. The number of carbonyl (C=O) groups excluding carboxylic acids is 3. The molecule has 0 fully saturated rings. The van der Waals surface area contributed by atoms with Gasteiger partial charge in [0.1, 0.15) is 0 Å². The molecule has 0 radical (unpaired) electrons. The number of urea groups is 1. The first-order valence-electron chi connectivity index (χ1n) is 7.41. The number of imide groups is 1. The molecule has 1 aromatic rings. The number of rotatable bonds is 8. The van der Waals surface area contributed by atoms with Crippen molar-refractivity contribution in [1.82, 2.24) is 5.32 Å². The average molecular weight is 354 g/mol. The van der Waals surface area contributed by atoms with Crippen molar-refractivity contribution in [1.29, 1.82) is 0 Å². The van der Waals surface area contributed by atoms with Gasteiger partial charge >= 0.3 is 12.0 Å². The molecule has 1 atom stereocenters. The van der Waals surface area contributed by atoms with E-state index < -0.39 is 24.0 Å². The molecular weight excluding hydrogens is 332 g/mol. The minimum Gasteiger partial charge on any atom is -0.493 e. The molecule has 25 heavy (non-hydrogen) atoms. The summed E-state index contributed by atoms with van der Waals surface area (Å²) in [7, 11) is 4.48. The molecule has 1 aromatic carbocycles. The van der Waals surface area contributed by atoms with Crippen LogP contribution in [0.1, 0.15) is 18.9 Å². The zero-order valence-corrected chi connectivity index (χ0v) is 14.6. The summed E-state index contributed by atoms with van der Waals surface area (Å²) < 4.78 is 20.7. The van der Waals surface area contributed by atoms with Gasteiger partial charge in [0, 0.05) is 6.42 Å². The normalized spacial score (nSPS) is 11.2. The van der Waals surface area contributed by atoms with Gasteiger partial charge in [-0.3, -0.25) is 14.9 Å². The Morgan fingerprint density at radius 1 is 1.08 bits per heavy atom. The summed E-state index contributed by atoms with van der Waals surface area (Å²) in [5, 5.41) is 1.84. The van der Waals surface area contributed by atoms with Gasteiger partial charge < -0.3 is 24.7 Å². The number of hydrogen-bond donors (Lipinski definition) is 2. The van der Waals surface area contributed by atoms with Crippen molar-refractivity contribution in [2.24, 2.45) is 5.73 Å². The molecule has 138 valence electrons. The van der Waals surface area contributed by atoms with Gasteiger partial charge in [0.05, 0.1) is 21.3 Å². The van der Waals surface area contributed by atoms with Crippen LogP contribution in [0.15, 0.2) is 12.1 Å². The molecule has 9 nitrogen and oxygen atoms in total. The number of amides is 3. The van der Waals surface area contributed by atoms with E-state index in [1.165, 1.54) is 28.3 Å². The number of benzene rings is 1. The Balaban J connectivity index is 2.70. The van der Waals surface area contributed by atoms with Crippen LogP contribution in [0, 0.1) is 0 Å². The number of aryl methyl sites for hydroxylation is 1. The lowest BCUT2D eigenvalue weighted by Gasteiger charge is -2.14. The van der Waals surface area contributed by atoms with Crippen molar-refractivity contribution in [3.05, 3.63) is 17.7 Å². The number of carbonyl (C=O) groups is 3. The van der Waals surface area contributed by atoms with Crippen LogP contribution < -0.4 is 25.3 Å². The third kappa shape index (κ3) is 5.87. The monoisotopic (exact) mass is 354 g/mol. The summed E-state index contributed by atoms with van der Waals surface area (Å²) in [4.78, 5) is 33.9. The molecule has 0 heterocycles. The molecule has 0 aliphatic heterocycles. The number of primary amides is 1. The second kappa shape index (κ2) is 9.36. The van der Waals surface area contributed by atoms with Crippen LogP contribution in [0.2, 0.25) is 0 Å². The van der Waals surface area contributed by atoms with Crippen LogP contribution in [0.4, 0.5) is 4.79 Å². The standard InChI is InChI=1S/C16H22N2O7/c1-9(15(20)18-16(17)21)25-13(19)6-5-10-7-11(22-2)14(24-4)12(8-10)23-3/h7-9H,5-6H2,1-4H3,(H3,17,18,20,21)/t9-/m1/s1. The fourth-order valence-electron chi connectivity index (χ4n) is 2.06. The lowest BCUT2D eigenvalue weighted by molar-refractivity contribution is -0.154. The van der Waals surface area contributed by atoms with E-state index in [9.17, 15) is 14.4 Å². The third-order valence-electron chi connectivity index (χ3n) is 3.27. The van der Waals surface area contributed by atoms with Crippen LogP contribution in [0.5, 0.6) is 17.2 Å². The molecule has 0 aromatic heterocycles. The largest absolute Gasteiger partial charge is 0.493 e. The Morgan fingerprint density at radius 3 is 2.08 bits per heavy atom. The quantitative estimate of drug-likeness (QED) is 0.660. The van der Waals surface area contributed by atoms with Gasteiger partial charge in [0.2, 0.25) is 5.75 Å². The molecule has 1 rings (SSSR count). The molecule has 0 saturated carbocycles. The minimum absolute atomic E-state index is 0.0207. The fraction of sp³-hybridized carbons (Fsp3) is 0.438. The second-order valence-corrected chi connectivity index (χ2v) is 5.02. The van der Waals surface area contributed by atoms with Gasteiger partial charge in [-0.25, -0.2) is 4.79 Å². The van der Waals surface area contributed by atoms with Gasteiger partial charge in [0.25, 0.3) is 5.91 Å². The maximum Gasteiger partial charge on any atom is 0.318 e. The van der Waals surface area contributed by atoms with Crippen molar-refractivity contribution in [3.63, 3.8) is 0 Å². The number of nitrogens with two attached hydrogens (primary N) is 1. The number of nitrogens with one attached hydrogen (secondary N) is 1. The van der Waals surface area contributed by atoms with Crippen molar-refractivity contribution in [3.8, 4) is 17.2 Å². The number of methoxy groups -OCH3 is 3. The van der Waals surface area contributed by atoms with Crippen LogP contribution in [0.3, 0.4) is 0 Å². The number of hydrogen-bond acceptors (Lipinski definition) is 7. The van der Waals surface area contributed by atoms with E-state index >= 15 is 0 Å². The Kier molecular flexibility index (Phi) is 7.51. The predicted octanol–water partition coefficient (Wildman–Crippen LogP) is 0.772. The smallest absolute Gasteiger partial charge is 0.318 e. The molecule has 0 saturated heterocycles. The second-order valence-electron chi connectivity index (χ2n) is 5.02. The summed E-state index contributed by atoms with van der Waals surface area (Å²) in [6.45, 7) is 1.34. The molecule has 9 heteroatoms. The van der Waals surface area contributed by atoms with E-state index in [1.54, 1.807) is 12.1 Å². The van der Waals surface area contributed by atoms with E-state index in [0.29, 0.717) is 23.7 Å². The Bertz CT molecular complexity index is 620. The lowest BCUT2D eigenvalue weighted by Crippen LogP contribution is -2.42. The Hall–Kier alpha value is -2.97. The number of esters is 1. The molecular formula is C16H22N2O7. The predicted molar refractivity (Wildman–Crippen MR) is 87.7 cm³/mol. The van der Waals surface area contributed by atoms with Gasteiger partial charge in [-0.1, -0.05) is 0 Å². The first-order chi connectivity index (χ1) is 11.8. The Labute approximate surface area is 145 Å². The van der Waals surface area contributed by atoms with E-state index in [2.05, 4.69) is 0 Å². The van der Waals surface area contributed by atoms with Crippen LogP contribution >= 0.6 is 0 Å². The molecule has 0 unspecified atom stereocenters. The van der Waals surface area contributed by atoms with Crippen molar-refractivity contribution in [2.45, 2.75) is 25.9 Å². The highest BCUT2D eigenvalue weighted by atomic mass is 16.5. The average Bonchev–Trinajstić information content (AvgIpc) is 2.58. The molecule has 0 spiro atoms. The van der Waals surface area contributed by atoms with E-state index in [1.807, 2.05) is 5.32 Å². The molecule has 3 amide bonds. The van der Waals surface area contributed by atoms with Gasteiger partial charge in [-0.2, -0.15) is 0 Å². The van der Waals surface area contributed by atoms with Crippen LogP contribution in [-0.4, -0.2) is 45.3 Å². The van der Waals surface area contributed by atoms with Crippen molar-refractivity contribution >= 4 is 17.9 Å². The fourth-order valence-corrected chi connectivity index (χ4v) is 2.06. The van der Waals surface area contributed by atoms with E-state index in [0.717, 1.165) is 5.56 Å². The SMILES string of the molecule is COc1cc(CCC(=O)O[C@H](C)C(=O)NC(N)=O)cc(OC)c1OC. The highest BCUT2D eigenvalue weighted by Crippen LogP contribution is 2.38. The first kappa shape index (κ1) is 20.1. The summed E-state index contributed by atoms with van der Waals surface area (Å²) in [6.07, 6.45) is -0.771. The molecule has 0 aliphatic carbocycles. The lowest BCUT2D eigenvalue weighted by atomic mass is 10.1. The first-order valence-corrected chi connectivity index (χ1v) is 7.41. The molecule has 0 aliphatic rings. The highest BCUT2D eigenvalue weighted by molar-refractivity contribution is 5.96. The zero-order chi connectivity index (χ0) is 19.0. The molecule has 3 N–H and O–H groups in total. The van der Waals surface area contributed by atoms with E-state index in [-0.39, 0.29) is 6.42 Å². The summed E-state index contributed by atoms with van der Waals surface area (Å²) in [5.41, 5.74) is 5.59. The van der Waals surface area contributed by atoms with Crippen molar-refractivity contribution < 1.29 is 33.3 Å². The minimum atomic E-state index is -1.13. The van der Waals surface area contributed by atoms with E-state index in [4.69, 9.17) is 24.7 Å². The molecule has 0 bridgehead atoms. The third-order valence-corrected chi connectivity index (χ3v) is 3.27. The summed E-state index contributed by atoms with van der Waals surface area (Å²) in [6, 6.07) is 2.43. The Morgan fingerprint density at radius 2 is 1.64 bits per heavy atom. The highest BCUT2D eigenvalue weighted by Gasteiger charge is 2.19. The maximum atomic E-state index is 11.8. The number of ether oxygens (including phenoxy) is 4. The maximum absolute atomic E-state index is 11.8. The van der Waals surface area contributed by atoms with Crippen LogP contribution in [0.25, 0.3) is 0 Å². The topological polar surface area (TPSA) is 126 Å². The van der Waals surface area contributed by atoms with Crippen molar-refractivity contribution in [2.75, 3.05) is 21.3 Å². The van der Waals surface area contributed by atoms with Gasteiger partial charge in [-0.05, 0) is 31.0 Å². The van der Waals surface area contributed by atoms with Gasteiger partial charge in [0.15, 0.2) is 17.6 Å².